The van der Waals surface area contributed by atoms with Crippen LogP contribution in [0.4, 0.5) is 13.2 Å². The first-order chi connectivity index (χ1) is 13.9. The van der Waals surface area contributed by atoms with E-state index < -0.39 is 11.7 Å². The number of likely N-dealkylation sites (tertiary alicyclic amines) is 2. The molecule has 0 N–H and O–H groups in total. The molecule has 0 radical (unpaired) electrons. The van der Waals surface area contributed by atoms with E-state index in [2.05, 4.69) is 29.2 Å². The third-order valence-electron chi connectivity index (χ3n) is 6.79. The summed E-state index contributed by atoms with van der Waals surface area (Å²) in [5.74, 6) is -0.153. The highest BCUT2D eigenvalue weighted by molar-refractivity contribution is 5.94. The Balaban J connectivity index is 1.25. The highest BCUT2D eigenvalue weighted by Crippen LogP contribution is 2.37. The van der Waals surface area contributed by atoms with Crippen LogP contribution in [-0.2, 0) is 19.0 Å². The number of benzene rings is 2. The highest BCUT2D eigenvalue weighted by Gasteiger charge is 2.47. The number of aryl methyl sites for hydroxylation is 1. The van der Waals surface area contributed by atoms with Gasteiger partial charge in [-0.25, -0.2) is 0 Å². The first-order valence-corrected chi connectivity index (χ1v) is 10.2. The van der Waals surface area contributed by atoms with E-state index >= 15 is 0 Å². The van der Waals surface area contributed by atoms with Crippen molar-refractivity contribution in [1.82, 2.24) is 9.80 Å². The molecule has 3 nitrogen and oxygen atoms in total. The molecular formula is C23H23F3N2O. The van der Waals surface area contributed by atoms with E-state index in [1.54, 1.807) is 0 Å². The number of carbonyl (C=O) groups excluding carboxylic acids is 1. The first kappa shape index (κ1) is 18.7. The second-order valence-electron chi connectivity index (χ2n) is 8.44. The Labute approximate surface area is 168 Å². The Bertz CT molecular complexity index is 924. The van der Waals surface area contributed by atoms with Gasteiger partial charge in [0.25, 0.3) is 5.91 Å². The molecule has 152 valence electrons. The van der Waals surface area contributed by atoms with Crippen molar-refractivity contribution in [2.45, 2.75) is 50.0 Å². The van der Waals surface area contributed by atoms with Crippen LogP contribution in [0.3, 0.4) is 0 Å². The van der Waals surface area contributed by atoms with Crippen LogP contribution >= 0.6 is 0 Å². The molecule has 6 heteroatoms. The first-order valence-electron chi connectivity index (χ1n) is 10.2. The molecule has 3 aliphatic rings. The molecule has 5 rings (SSSR count). The number of amides is 1. The van der Waals surface area contributed by atoms with Crippen LogP contribution in [0.25, 0.3) is 0 Å². The third-order valence-corrected chi connectivity index (χ3v) is 6.79. The van der Waals surface area contributed by atoms with Crippen LogP contribution in [0, 0.1) is 0 Å². The monoisotopic (exact) mass is 400 g/mol. The Morgan fingerprint density at radius 3 is 2.28 bits per heavy atom. The molecule has 3 unspecified atom stereocenters. The summed E-state index contributed by atoms with van der Waals surface area (Å²) in [7, 11) is 0. The van der Waals surface area contributed by atoms with Gasteiger partial charge in [0.15, 0.2) is 0 Å². The quantitative estimate of drug-likeness (QED) is 0.756. The smallest absolute Gasteiger partial charge is 0.333 e. The number of carbonyl (C=O) groups is 1. The van der Waals surface area contributed by atoms with Crippen molar-refractivity contribution in [2.75, 3.05) is 13.1 Å². The van der Waals surface area contributed by atoms with Crippen molar-refractivity contribution in [1.29, 1.82) is 0 Å². The molecule has 2 heterocycles. The fourth-order valence-corrected chi connectivity index (χ4v) is 5.32. The van der Waals surface area contributed by atoms with Gasteiger partial charge < -0.3 is 4.90 Å². The van der Waals surface area contributed by atoms with Gasteiger partial charge in [-0.1, -0.05) is 24.3 Å². The van der Waals surface area contributed by atoms with Crippen LogP contribution in [-0.4, -0.2) is 46.9 Å². The van der Waals surface area contributed by atoms with Gasteiger partial charge in [-0.3, -0.25) is 9.69 Å². The second-order valence-corrected chi connectivity index (χ2v) is 8.44. The van der Waals surface area contributed by atoms with Crippen LogP contribution in [0.15, 0.2) is 48.5 Å². The number of hydrogen-bond donors (Lipinski definition) is 0. The molecule has 1 amide bonds. The molecular weight excluding hydrogens is 377 g/mol. The molecule has 0 aromatic heterocycles. The summed E-state index contributed by atoms with van der Waals surface area (Å²) in [5.41, 5.74) is 2.50. The van der Waals surface area contributed by atoms with E-state index in [0.717, 1.165) is 44.4 Å². The highest BCUT2D eigenvalue weighted by atomic mass is 19.4. The maximum atomic E-state index is 12.9. The number of hydrogen-bond acceptors (Lipinski definition) is 2. The molecule has 2 bridgehead atoms. The van der Waals surface area contributed by atoms with Crippen molar-refractivity contribution < 1.29 is 18.0 Å². The van der Waals surface area contributed by atoms with Gasteiger partial charge >= 0.3 is 6.18 Å². The third kappa shape index (κ3) is 3.33. The number of nitrogens with zero attached hydrogens (tertiary/aromatic N) is 2. The Morgan fingerprint density at radius 1 is 0.897 bits per heavy atom. The zero-order valence-corrected chi connectivity index (χ0v) is 16.0. The van der Waals surface area contributed by atoms with Gasteiger partial charge in [-0.05, 0) is 61.1 Å². The number of halogens is 3. The Kier molecular flexibility index (Phi) is 4.42. The topological polar surface area (TPSA) is 23.6 Å². The molecule has 2 saturated heterocycles. The molecule has 1 aliphatic carbocycles. The SMILES string of the molecule is O=C(c1ccc(C(F)(F)F)cc1)N1CC2CC1CN2C1CCc2ccccc2C1. The molecule has 2 aliphatic heterocycles. The lowest BCUT2D eigenvalue weighted by molar-refractivity contribution is -0.137. The predicted molar refractivity (Wildman–Crippen MR) is 104 cm³/mol. The molecule has 0 saturated carbocycles. The van der Waals surface area contributed by atoms with E-state index in [9.17, 15) is 18.0 Å². The summed E-state index contributed by atoms with van der Waals surface area (Å²) < 4.78 is 38.3. The van der Waals surface area contributed by atoms with Crippen LogP contribution in [0.2, 0.25) is 0 Å². The number of alkyl halides is 3. The lowest BCUT2D eigenvalue weighted by Gasteiger charge is -2.41. The van der Waals surface area contributed by atoms with Gasteiger partial charge in [0.05, 0.1) is 5.56 Å². The van der Waals surface area contributed by atoms with Gasteiger partial charge in [-0.15, -0.1) is 0 Å². The van der Waals surface area contributed by atoms with Crippen molar-refractivity contribution in [3.05, 3.63) is 70.8 Å². The Hall–Kier alpha value is -2.34. The maximum absolute atomic E-state index is 12.9. The predicted octanol–water partition coefficient (Wildman–Crippen LogP) is 4.16. The second kappa shape index (κ2) is 6.87. The summed E-state index contributed by atoms with van der Waals surface area (Å²) in [6.45, 7) is 1.53. The minimum absolute atomic E-state index is 0.153. The maximum Gasteiger partial charge on any atom is 0.416 e. The average molecular weight is 400 g/mol. The number of fused-ring (bicyclic) bond motifs is 3. The minimum atomic E-state index is -4.38. The molecule has 29 heavy (non-hydrogen) atoms. The number of piperazine rings is 1. The Morgan fingerprint density at radius 2 is 1.62 bits per heavy atom. The van der Waals surface area contributed by atoms with Crippen molar-refractivity contribution in [3.8, 4) is 0 Å². The summed E-state index contributed by atoms with van der Waals surface area (Å²) in [6.07, 6.45) is -0.111. The normalized spacial score (nSPS) is 26.6. The minimum Gasteiger partial charge on any atom is -0.333 e. The molecule has 2 aromatic rings. The zero-order chi connectivity index (χ0) is 20.2. The zero-order valence-electron chi connectivity index (χ0n) is 16.0. The van der Waals surface area contributed by atoms with E-state index in [1.807, 2.05) is 4.90 Å². The van der Waals surface area contributed by atoms with Crippen LogP contribution in [0.5, 0.6) is 0 Å². The van der Waals surface area contributed by atoms with Crippen molar-refractivity contribution >= 4 is 5.91 Å². The van der Waals surface area contributed by atoms with Gasteiger partial charge in [0.2, 0.25) is 0 Å². The summed E-state index contributed by atoms with van der Waals surface area (Å²) in [6, 6.07) is 14.2. The standard InChI is InChI=1S/C23H23F3N2O/c24-23(25,26)18-8-5-16(6-9-18)22(29)28-14-20-12-21(28)13-27(20)19-10-7-15-3-1-2-4-17(15)11-19/h1-6,8-9,19-21H,7,10-14H2. The summed E-state index contributed by atoms with van der Waals surface area (Å²) in [4.78, 5) is 17.3. The lowest BCUT2D eigenvalue weighted by atomic mass is 9.87. The van der Waals surface area contributed by atoms with E-state index in [4.69, 9.17) is 0 Å². The van der Waals surface area contributed by atoms with Crippen LogP contribution in [0.1, 0.15) is 39.9 Å². The molecule has 2 fully saturated rings. The van der Waals surface area contributed by atoms with Crippen molar-refractivity contribution in [2.24, 2.45) is 0 Å². The lowest BCUT2D eigenvalue weighted by Crippen LogP contribution is -2.53. The fraction of sp³-hybridized carbons (Fsp3) is 0.435. The van der Waals surface area contributed by atoms with E-state index in [0.29, 0.717) is 24.2 Å². The average Bonchev–Trinajstić information content (AvgIpc) is 3.33. The number of rotatable bonds is 2. The van der Waals surface area contributed by atoms with Crippen molar-refractivity contribution in [3.63, 3.8) is 0 Å². The molecule has 2 aromatic carbocycles. The van der Waals surface area contributed by atoms with Crippen LogP contribution < -0.4 is 0 Å². The van der Waals surface area contributed by atoms with E-state index in [1.165, 1.54) is 23.3 Å². The van der Waals surface area contributed by atoms with Gasteiger partial charge in [-0.2, -0.15) is 13.2 Å². The molecule has 0 spiro atoms. The fourth-order valence-electron chi connectivity index (χ4n) is 5.32. The molecule has 3 atom stereocenters. The van der Waals surface area contributed by atoms with Gasteiger partial charge in [0.1, 0.15) is 0 Å². The summed E-state index contributed by atoms with van der Waals surface area (Å²) >= 11 is 0. The van der Waals surface area contributed by atoms with Gasteiger partial charge in [0, 0.05) is 36.8 Å². The summed E-state index contributed by atoms with van der Waals surface area (Å²) in [5, 5.41) is 0. The largest absolute Gasteiger partial charge is 0.416 e. The van der Waals surface area contributed by atoms with E-state index in [-0.39, 0.29) is 11.9 Å².